The number of amides is 2. The van der Waals surface area contributed by atoms with Crippen molar-refractivity contribution in [2.75, 3.05) is 24.9 Å². The lowest BCUT2D eigenvalue weighted by molar-refractivity contribution is 0.262. The second-order valence-corrected chi connectivity index (χ2v) is 7.92. The zero-order chi connectivity index (χ0) is 20.0. The number of carbonyl (C=O) groups is 1. The molecular weight excluding hydrogens is 386 g/mol. The Labute approximate surface area is 171 Å². The summed E-state index contributed by atoms with van der Waals surface area (Å²) in [6, 6.07) is 13.5. The molecule has 0 bridgehead atoms. The number of thiazole rings is 1. The van der Waals surface area contributed by atoms with Crippen LogP contribution in [0.5, 0.6) is 11.5 Å². The highest BCUT2D eigenvalue weighted by Gasteiger charge is 2.19. The van der Waals surface area contributed by atoms with Crippen molar-refractivity contribution in [2.24, 2.45) is 0 Å². The van der Waals surface area contributed by atoms with Crippen LogP contribution in [-0.2, 0) is 12.8 Å². The largest absolute Gasteiger partial charge is 0.493 e. The molecule has 5 rings (SSSR count). The number of anilines is 2. The summed E-state index contributed by atoms with van der Waals surface area (Å²) < 4.78 is 11.6. The van der Waals surface area contributed by atoms with Gasteiger partial charge in [-0.2, -0.15) is 0 Å². The number of urea groups is 1. The topological polar surface area (TPSA) is 72.5 Å². The predicted molar refractivity (Wildman–Crippen MR) is 117 cm³/mol. The van der Waals surface area contributed by atoms with E-state index in [4.69, 9.17) is 14.5 Å². The number of ether oxygens (including phenoxy) is 2. The fourth-order valence-electron chi connectivity index (χ4n) is 3.93. The first-order chi connectivity index (χ1) is 14.2. The van der Waals surface area contributed by atoms with Gasteiger partial charge in [-0.15, -0.1) is 0 Å². The maximum absolute atomic E-state index is 12.5. The molecule has 0 fully saturated rings. The molecular formula is C22H19N3O3S. The van der Waals surface area contributed by atoms with Crippen molar-refractivity contribution in [3.8, 4) is 11.5 Å². The summed E-state index contributed by atoms with van der Waals surface area (Å²) in [6.45, 7) is 0. The van der Waals surface area contributed by atoms with Crippen molar-refractivity contribution in [1.29, 1.82) is 0 Å². The Morgan fingerprint density at radius 2 is 1.83 bits per heavy atom. The van der Waals surface area contributed by atoms with Gasteiger partial charge in [0, 0.05) is 17.1 Å². The van der Waals surface area contributed by atoms with E-state index >= 15 is 0 Å². The highest BCUT2D eigenvalue weighted by Crippen LogP contribution is 2.39. The molecule has 6 nitrogen and oxygen atoms in total. The molecule has 0 saturated carbocycles. The third kappa shape index (κ3) is 3.03. The number of hydrogen-bond acceptors (Lipinski definition) is 5. The molecule has 29 heavy (non-hydrogen) atoms. The molecule has 1 aliphatic carbocycles. The summed E-state index contributed by atoms with van der Waals surface area (Å²) in [5.41, 5.74) is 4.30. The van der Waals surface area contributed by atoms with Crippen LogP contribution in [0.15, 0.2) is 42.5 Å². The average Bonchev–Trinajstić information content (AvgIpc) is 3.33. The molecule has 1 aliphatic rings. The van der Waals surface area contributed by atoms with Crippen LogP contribution in [0.4, 0.5) is 15.6 Å². The summed E-state index contributed by atoms with van der Waals surface area (Å²) in [6.07, 6.45) is 2.15. The van der Waals surface area contributed by atoms with E-state index in [9.17, 15) is 4.79 Å². The van der Waals surface area contributed by atoms with Crippen LogP contribution in [-0.4, -0.2) is 25.2 Å². The molecule has 1 heterocycles. The van der Waals surface area contributed by atoms with E-state index in [0.717, 1.165) is 28.4 Å². The number of carbonyl (C=O) groups excluding carboxylic acids is 1. The summed E-state index contributed by atoms with van der Waals surface area (Å²) in [5, 5.41) is 8.72. The van der Waals surface area contributed by atoms with E-state index in [0.29, 0.717) is 22.3 Å². The van der Waals surface area contributed by atoms with Crippen molar-refractivity contribution >= 4 is 49.2 Å². The molecule has 0 saturated heterocycles. The van der Waals surface area contributed by atoms with E-state index < -0.39 is 0 Å². The van der Waals surface area contributed by atoms with Gasteiger partial charge in [0.05, 0.1) is 24.4 Å². The van der Waals surface area contributed by atoms with Gasteiger partial charge in [0.25, 0.3) is 0 Å². The molecule has 0 atom stereocenters. The lowest BCUT2D eigenvalue weighted by Crippen LogP contribution is -2.19. The van der Waals surface area contributed by atoms with Gasteiger partial charge in [0.15, 0.2) is 16.6 Å². The van der Waals surface area contributed by atoms with Crippen LogP contribution in [0.3, 0.4) is 0 Å². The normalized spacial score (nSPS) is 12.3. The number of nitrogens with one attached hydrogen (secondary N) is 2. The Hall–Kier alpha value is -3.32. The minimum Gasteiger partial charge on any atom is -0.493 e. The molecule has 2 N–H and O–H groups in total. The van der Waals surface area contributed by atoms with Gasteiger partial charge in [-0.3, -0.25) is 5.32 Å². The number of rotatable bonds is 4. The van der Waals surface area contributed by atoms with Gasteiger partial charge in [0.2, 0.25) is 0 Å². The average molecular weight is 405 g/mol. The maximum Gasteiger partial charge on any atom is 0.325 e. The number of hydrogen-bond donors (Lipinski definition) is 2. The van der Waals surface area contributed by atoms with E-state index in [2.05, 4.69) is 34.9 Å². The number of aryl methyl sites for hydroxylation is 2. The van der Waals surface area contributed by atoms with Gasteiger partial charge >= 0.3 is 6.03 Å². The van der Waals surface area contributed by atoms with Crippen molar-refractivity contribution in [3.63, 3.8) is 0 Å². The van der Waals surface area contributed by atoms with E-state index in [1.54, 1.807) is 32.4 Å². The first-order valence-corrected chi connectivity index (χ1v) is 10.1. The number of methoxy groups -OCH3 is 2. The molecule has 4 aromatic rings. The molecule has 2 amide bonds. The van der Waals surface area contributed by atoms with Gasteiger partial charge in [-0.1, -0.05) is 29.5 Å². The Morgan fingerprint density at radius 3 is 2.66 bits per heavy atom. The molecule has 0 aliphatic heterocycles. The molecule has 7 heteroatoms. The first-order valence-electron chi connectivity index (χ1n) is 9.30. The van der Waals surface area contributed by atoms with Crippen LogP contribution in [0.1, 0.15) is 11.1 Å². The Morgan fingerprint density at radius 1 is 1.00 bits per heavy atom. The van der Waals surface area contributed by atoms with E-state index in [1.807, 2.05) is 0 Å². The lowest BCUT2D eigenvalue weighted by Gasteiger charge is -2.10. The number of nitrogens with zero attached hydrogens (tertiary/aromatic N) is 1. The Balaban J connectivity index is 1.41. The minimum absolute atomic E-state index is 0.353. The van der Waals surface area contributed by atoms with Crippen molar-refractivity contribution in [1.82, 2.24) is 4.98 Å². The van der Waals surface area contributed by atoms with E-state index in [1.165, 1.54) is 27.8 Å². The zero-order valence-corrected chi connectivity index (χ0v) is 16.9. The van der Waals surface area contributed by atoms with Crippen molar-refractivity contribution in [3.05, 3.63) is 53.6 Å². The van der Waals surface area contributed by atoms with Gasteiger partial charge in [-0.05, 0) is 47.6 Å². The summed E-state index contributed by atoms with van der Waals surface area (Å²) in [5.74, 6) is 1.16. The maximum atomic E-state index is 12.5. The minimum atomic E-state index is -0.353. The molecule has 0 unspecified atom stereocenters. The fourth-order valence-corrected chi connectivity index (χ4v) is 4.87. The van der Waals surface area contributed by atoms with Crippen LogP contribution in [0.25, 0.3) is 21.0 Å². The predicted octanol–water partition coefficient (Wildman–Crippen LogP) is 5.21. The highest BCUT2D eigenvalue weighted by atomic mass is 32.1. The zero-order valence-electron chi connectivity index (χ0n) is 16.0. The molecule has 3 aromatic carbocycles. The summed E-state index contributed by atoms with van der Waals surface area (Å²) in [7, 11) is 3.13. The van der Waals surface area contributed by atoms with Crippen LogP contribution < -0.4 is 20.1 Å². The first kappa shape index (κ1) is 17.8. The molecule has 146 valence electrons. The van der Waals surface area contributed by atoms with Crippen molar-refractivity contribution in [2.45, 2.75) is 12.8 Å². The third-order valence-corrected chi connectivity index (χ3v) is 6.13. The number of fused-ring (bicyclic) bond motifs is 2. The smallest absolute Gasteiger partial charge is 0.325 e. The monoisotopic (exact) mass is 405 g/mol. The third-order valence-electron chi connectivity index (χ3n) is 5.21. The molecule has 0 radical (unpaired) electrons. The van der Waals surface area contributed by atoms with Gasteiger partial charge < -0.3 is 14.8 Å². The van der Waals surface area contributed by atoms with Crippen LogP contribution >= 0.6 is 11.3 Å². The standard InChI is InChI=1S/C22H19N3O3S/c1-27-16-9-8-14(11-17(16)28-2)23-21(26)25-22-24-20-15-5-3-4-12-6-7-13(19(12)15)10-18(20)29-22/h3-5,8-11H,6-7H2,1-2H3,(H2,23,24,25,26). The quantitative estimate of drug-likeness (QED) is 0.489. The second-order valence-electron chi connectivity index (χ2n) is 6.89. The van der Waals surface area contributed by atoms with Crippen molar-refractivity contribution < 1.29 is 14.3 Å². The van der Waals surface area contributed by atoms with E-state index in [-0.39, 0.29) is 6.03 Å². The Kier molecular flexibility index (Phi) is 4.24. The van der Waals surface area contributed by atoms with Crippen LogP contribution in [0.2, 0.25) is 0 Å². The molecule has 0 spiro atoms. The summed E-state index contributed by atoms with van der Waals surface area (Å²) >= 11 is 1.49. The number of aromatic nitrogens is 1. The van der Waals surface area contributed by atoms with Crippen LogP contribution in [0, 0.1) is 0 Å². The molecule has 1 aromatic heterocycles. The Bertz CT molecular complexity index is 1270. The lowest BCUT2D eigenvalue weighted by atomic mass is 10.0. The SMILES string of the molecule is COc1ccc(NC(=O)Nc2nc3c(cc4c5c(cccc53)CC4)s2)cc1OC. The van der Waals surface area contributed by atoms with Gasteiger partial charge in [0.1, 0.15) is 0 Å². The highest BCUT2D eigenvalue weighted by molar-refractivity contribution is 7.22. The van der Waals surface area contributed by atoms with Gasteiger partial charge in [-0.25, -0.2) is 9.78 Å². The fraction of sp³-hybridized carbons (Fsp3) is 0.182. The second kappa shape index (κ2) is 6.93. The summed E-state index contributed by atoms with van der Waals surface area (Å²) in [4.78, 5) is 17.2. The number of benzene rings is 3.